The number of nitrogens with one attached hydrogen (secondary N) is 1. The monoisotopic (exact) mass is 401 g/mol. The molecule has 156 valence electrons. The van der Waals surface area contributed by atoms with Gasteiger partial charge in [-0.15, -0.1) is 0 Å². The maximum atomic E-state index is 12.7. The first-order valence-electron chi connectivity index (χ1n) is 9.49. The maximum Gasteiger partial charge on any atom is 0.286 e. The molecule has 0 unspecified atom stereocenters. The third-order valence-corrected chi connectivity index (χ3v) is 4.44. The number of nitro benzene ring substituents is 1. The van der Waals surface area contributed by atoms with Crippen molar-refractivity contribution in [2.45, 2.75) is 33.7 Å². The first kappa shape index (κ1) is 22.0. The van der Waals surface area contributed by atoms with Gasteiger partial charge >= 0.3 is 0 Å². The fourth-order valence-corrected chi connectivity index (χ4v) is 3.09. The van der Waals surface area contributed by atoms with E-state index in [2.05, 4.69) is 31.0 Å². The molecule has 0 heterocycles. The summed E-state index contributed by atoms with van der Waals surface area (Å²) in [6, 6.07) is 10.2. The van der Waals surface area contributed by atoms with Gasteiger partial charge in [-0.2, -0.15) is 0 Å². The van der Waals surface area contributed by atoms with Crippen LogP contribution in [-0.2, 0) is 0 Å². The molecule has 0 radical (unpaired) electrons. The highest BCUT2D eigenvalue weighted by atomic mass is 16.6. The molecule has 0 saturated heterocycles. The molecule has 8 nitrogen and oxygen atoms in total. The van der Waals surface area contributed by atoms with Crippen LogP contribution >= 0.6 is 0 Å². The summed E-state index contributed by atoms with van der Waals surface area (Å²) in [7, 11) is 1.41. The Bertz CT molecular complexity index is 865. The zero-order valence-corrected chi connectivity index (χ0v) is 17.4. The van der Waals surface area contributed by atoms with E-state index in [1.54, 1.807) is 19.1 Å². The van der Waals surface area contributed by atoms with Crippen molar-refractivity contribution in [2.24, 2.45) is 0 Å². The third kappa shape index (κ3) is 5.16. The van der Waals surface area contributed by atoms with Crippen LogP contribution in [0.4, 0.5) is 17.1 Å². The first-order valence-corrected chi connectivity index (χ1v) is 9.49. The summed E-state index contributed by atoms with van der Waals surface area (Å²) in [5.74, 6) is -0.119. The summed E-state index contributed by atoms with van der Waals surface area (Å²) in [6.07, 6.45) is 0. The van der Waals surface area contributed by atoms with Crippen LogP contribution in [0.2, 0.25) is 0 Å². The van der Waals surface area contributed by atoms with E-state index in [0.29, 0.717) is 18.3 Å². The second-order valence-electron chi connectivity index (χ2n) is 6.59. The molecule has 0 aliphatic rings. The Kier molecular flexibility index (Phi) is 7.41. The molecule has 0 saturated carbocycles. The molecular weight excluding hydrogens is 374 g/mol. The minimum Gasteiger partial charge on any atom is -0.493 e. The molecule has 8 heteroatoms. The van der Waals surface area contributed by atoms with Crippen LogP contribution in [0.25, 0.3) is 0 Å². The van der Waals surface area contributed by atoms with Crippen LogP contribution < -0.4 is 19.7 Å². The summed E-state index contributed by atoms with van der Waals surface area (Å²) >= 11 is 0. The highest BCUT2D eigenvalue weighted by molar-refractivity contribution is 6.07. The normalized spacial score (nSPS) is 10.6. The second-order valence-corrected chi connectivity index (χ2v) is 6.59. The number of anilines is 2. The zero-order valence-electron chi connectivity index (χ0n) is 17.4. The molecule has 2 aromatic carbocycles. The third-order valence-electron chi connectivity index (χ3n) is 4.44. The molecule has 0 fully saturated rings. The second kappa shape index (κ2) is 9.77. The number of nitro groups is 1. The summed E-state index contributed by atoms with van der Waals surface area (Å²) in [4.78, 5) is 25.8. The molecule has 1 amide bonds. The summed E-state index contributed by atoms with van der Waals surface area (Å²) in [5.41, 5.74) is 1.13. The number of nitrogens with zero attached hydrogens (tertiary/aromatic N) is 2. The number of hydrogen-bond acceptors (Lipinski definition) is 6. The van der Waals surface area contributed by atoms with E-state index in [0.717, 1.165) is 12.2 Å². The number of methoxy groups -OCH3 is 1. The van der Waals surface area contributed by atoms with E-state index in [1.807, 2.05) is 12.1 Å². The van der Waals surface area contributed by atoms with Crippen molar-refractivity contribution >= 4 is 23.0 Å². The molecule has 0 aliphatic heterocycles. The van der Waals surface area contributed by atoms with Gasteiger partial charge < -0.3 is 19.7 Å². The molecule has 0 bridgehead atoms. The van der Waals surface area contributed by atoms with Crippen LogP contribution in [0.15, 0.2) is 36.4 Å². The van der Waals surface area contributed by atoms with Gasteiger partial charge in [-0.1, -0.05) is 0 Å². The Hall–Kier alpha value is -3.29. The van der Waals surface area contributed by atoms with Crippen LogP contribution in [0.1, 0.15) is 38.1 Å². The fraction of sp³-hybridized carbons (Fsp3) is 0.381. The van der Waals surface area contributed by atoms with E-state index in [9.17, 15) is 14.9 Å². The number of ether oxygens (including phenoxy) is 2. The molecule has 0 aliphatic carbocycles. The molecule has 1 N–H and O–H groups in total. The minimum atomic E-state index is -0.609. The van der Waals surface area contributed by atoms with Crippen molar-refractivity contribution in [1.82, 2.24) is 0 Å². The van der Waals surface area contributed by atoms with Gasteiger partial charge in [0.05, 0.1) is 24.7 Å². The van der Waals surface area contributed by atoms with E-state index in [4.69, 9.17) is 9.47 Å². The number of hydrogen-bond donors (Lipinski definition) is 1. The summed E-state index contributed by atoms with van der Waals surface area (Å²) in [5, 5.41) is 14.2. The predicted octanol–water partition coefficient (Wildman–Crippen LogP) is 4.49. The first-order chi connectivity index (χ1) is 13.8. The van der Waals surface area contributed by atoms with Crippen molar-refractivity contribution in [2.75, 3.05) is 30.5 Å². The number of amides is 1. The average molecular weight is 401 g/mol. The molecule has 0 spiro atoms. The maximum absolute atomic E-state index is 12.7. The van der Waals surface area contributed by atoms with Crippen LogP contribution in [0.5, 0.6) is 11.5 Å². The van der Waals surface area contributed by atoms with Crippen molar-refractivity contribution in [3.63, 3.8) is 0 Å². The summed E-state index contributed by atoms with van der Waals surface area (Å²) in [6.45, 7) is 9.23. The average Bonchev–Trinajstić information content (AvgIpc) is 2.69. The molecule has 2 aromatic rings. The Morgan fingerprint density at radius 1 is 1.17 bits per heavy atom. The van der Waals surface area contributed by atoms with Gasteiger partial charge in [-0.25, -0.2) is 0 Å². The van der Waals surface area contributed by atoms with Gasteiger partial charge in [-0.05, 0) is 52.0 Å². The van der Waals surface area contributed by atoms with Crippen LogP contribution in [0.3, 0.4) is 0 Å². The van der Waals surface area contributed by atoms with Gasteiger partial charge in [0.15, 0.2) is 11.5 Å². The topological polar surface area (TPSA) is 93.9 Å². The SMILES string of the molecule is CCOc1cc([N+](=O)[O-])c(C(=O)Nc2ccc(N(CC)C(C)C)cc2)cc1OC. The van der Waals surface area contributed by atoms with Crippen LogP contribution in [-0.4, -0.2) is 37.1 Å². The number of benzene rings is 2. The molecule has 2 rings (SSSR count). The lowest BCUT2D eigenvalue weighted by Gasteiger charge is -2.27. The number of carbonyl (C=O) groups is 1. The Morgan fingerprint density at radius 2 is 1.83 bits per heavy atom. The van der Waals surface area contributed by atoms with Crippen molar-refractivity contribution in [3.8, 4) is 11.5 Å². The van der Waals surface area contributed by atoms with Crippen molar-refractivity contribution in [1.29, 1.82) is 0 Å². The fourth-order valence-electron chi connectivity index (χ4n) is 3.09. The van der Waals surface area contributed by atoms with E-state index < -0.39 is 10.8 Å². The summed E-state index contributed by atoms with van der Waals surface area (Å²) < 4.78 is 10.6. The Labute approximate surface area is 170 Å². The molecule has 0 atom stereocenters. The largest absolute Gasteiger partial charge is 0.493 e. The van der Waals surface area contributed by atoms with Gasteiger partial charge in [0.2, 0.25) is 0 Å². The molecule has 0 aromatic heterocycles. The standard InChI is InChI=1S/C21H27N3O5/c1-6-23(14(3)4)16-10-8-15(9-11-16)22-21(25)17-12-19(28-5)20(29-7-2)13-18(17)24(26)27/h8-14H,6-7H2,1-5H3,(H,22,25). The molecular formula is C21H27N3O5. The van der Waals surface area contributed by atoms with Gasteiger partial charge in [0, 0.05) is 30.0 Å². The number of rotatable bonds is 9. The van der Waals surface area contributed by atoms with E-state index in [1.165, 1.54) is 19.2 Å². The lowest BCUT2D eigenvalue weighted by molar-refractivity contribution is -0.385. The highest BCUT2D eigenvalue weighted by Gasteiger charge is 2.25. The zero-order chi connectivity index (χ0) is 21.6. The quantitative estimate of drug-likeness (QED) is 0.491. The van der Waals surface area contributed by atoms with E-state index in [-0.39, 0.29) is 22.7 Å². The highest BCUT2D eigenvalue weighted by Crippen LogP contribution is 2.35. The lowest BCUT2D eigenvalue weighted by atomic mass is 10.1. The minimum absolute atomic E-state index is 0.100. The van der Waals surface area contributed by atoms with Gasteiger partial charge in [-0.3, -0.25) is 14.9 Å². The Morgan fingerprint density at radius 3 is 2.31 bits per heavy atom. The smallest absolute Gasteiger partial charge is 0.286 e. The van der Waals surface area contributed by atoms with Crippen LogP contribution in [0, 0.1) is 10.1 Å². The molecule has 29 heavy (non-hydrogen) atoms. The predicted molar refractivity (Wildman–Crippen MR) is 113 cm³/mol. The van der Waals surface area contributed by atoms with Crippen molar-refractivity contribution in [3.05, 3.63) is 52.1 Å². The van der Waals surface area contributed by atoms with Gasteiger partial charge in [0.1, 0.15) is 5.56 Å². The Balaban J connectivity index is 2.31. The van der Waals surface area contributed by atoms with E-state index >= 15 is 0 Å². The lowest BCUT2D eigenvalue weighted by Crippen LogP contribution is -2.30. The van der Waals surface area contributed by atoms with Crippen molar-refractivity contribution < 1.29 is 19.2 Å². The number of carbonyl (C=O) groups excluding carboxylic acids is 1. The van der Waals surface area contributed by atoms with Gasteiger partial charge in [0.25, 0.3) is 11.6 Å².